The zero-order valence-electron chi connectivity index (χ0n) is 18.8. The van der Waals surface area contributed by atoms with E-state index >= 15 is 0 Å². The van der Waals surface area contributed by atoms with Crippen molar-refractivity contribution in [2.24, 2.45) is 0 Å². The third-order valence-corrected chi connectivity index (χ3v) is 7.15. The normalized spacial score (nSPS) is 20.8. The van der Waals surface area contributed by atoms with E-state index in [2.05, 4.69) is 34.5 Å². The average molecular weight is 455 g/mol. The van der Waals surface area contributed by atoms with Gasteiger partial charge in [0.1, 0.15) is 0 Å². The number of aliphatic hydroxyl groups excluding tert-OH is 1. The van der Waals surface area contributed by atoms with Gasteiger partial charge >= 0.3 is 0 Å². The Morgan fingerprint density at radius 1 is 0.906 bits per heavy atom. The fraction of sp³-hybridized carbons (Fsp3) is 0.519. The average Bonchev–Trinajstić information content (AvgIpc) is 3.66. The molecule has 1 amide bonds. The van der Waals surface area contributed by atoms with Crippen LogP contribution < -0.4 is 5.32 Å². The van der Waals surface area contributed by atoms with E-state index in [-0.39, 0.29) is 12.5 Å². The zero-order valence-corrected chi connectivity index (χ0v) is 19.6. The first-order chi connectivity index (χ1) is 15.7. The molecule has 0 radical (unpaired) electrons. The molecule has 4 nitrogen and oxygen atoms in total. The molecular formula is C27H35ClN2O2. The van der Waals surface area contributed by atoms with Gasteiger partial charge in [-0.15, -0.1) is 0 Å². The molecule has 2 saturated carbocycles. The molecule has 0 aliphatic heterocycles. The molecule has 0 unspecified atom stereocenters. The molecule has 0 saturated heterocycles. The Bertz CT molecular complexity index is 856. The summed E-state index contributed by atoms with van der Waals surface area (Å²) in [5.41, 5.74) is 3.48. The van der Waals surface area contributed by atoms with E-state index in [1.807, 2.05) is 24.3 Å². The number of nitrogens with one attached hydrogen (secondary N) is 1. The SMILES string of the molecule is O=C(c1ccc(Cl)cc1)N(C1CCC(c2ccc(CNCCCCO)cc2)CC1)C1CC1. The number of hydrogen-bond acceptors (Lipinski definition) is 3. The van der Waals surface area contributed by atoms with Crippen molar-refractivity contribution >= 4 is 17.5 Å². The van der Waals surface area contributed by atoms with Gasteiger partial charge < -0.3 is 15.3 Å². The maximum absolute atomic E-state index is 13.2. The quantitative estimate of drug-likeness (QED) is 0.464. The van der Waals surface area contributed by atoms with E-state index in [0.717, 1.165) is 70.0 Å². The zero-order chi connectivity index (χ0) is 22.3. The number of carbonyl (C=O) groups excluding carboxylic acids is 1. The number of rotatable bonds is 10. The second kappa shape index (κ2) is 11.3. The molecule has 0 spiro atoms. The molecule has 2 aromatic carbocycles. The third-order valence-electron chi connectivity index (χ3n) is 6.90. The summed E-state index contributed by atoms with van der Waals surface area (Å²) < 4.78 is 0. The number of hydrogen-bond donors (Lipinski definition) is 2. The molecule has 0 bridgehead atoms. The Balaban J connectivity index is 1.30. The van der Waals surface area contributed by atoms with Crippen LogP contribution in [0.25, 0.3) is 0 Å². The molecular weight excluding hydrogens is 420 g/mol. The predicted octanol–water partition coefficient (Wildman–Crippen LogP) is 5.53. The Kier molecular flexibility index (Phi) is 8.23. The van der Waals surface area contributed by atoms with Crippen LogP contribution in [0, 0.1) is 0 Å². The van der Waals surface area contributed by atoms with Crippen molar-refractivity contribution < 1.29 is 9.90 Å². The summed E-state index contributed by atoms with van der Waals surface area (Å²) in [5.74, 6) is 0.757. The lowest BCUT2D eigenvalue weighted by atomic mass is 9.81. The summed E-state index contributed by atoms with van der Waals surface area (Å²) in [7, 11) is 0. The minimum absolute atomic E-state index is 0.170. The molecule has 2 fully saturated rings. The van der Waals surface area contributed by atoms with Crippen molar-refractivity contribution in [1.82, 2.24) is 10.2 Å². The largest absolute Gasteiger partial charge is 0.396 e. The smallest absolute Gasteiger partial charge is 0.254 e. The fourth-order valence-electron chi connectivity index (χ4n) is 4.91. The topological polar surface area (TPSA) is 52.6 Å². The summed E-state index contributed by atoms with van der Waals surface area (Å²) >= 11 is 6.01. The molecule has 5 heteroatoms. The number of amides is 1. The number of nitrogens with zero attached hydrogens (tertiary/aromatic N) is 1. The maximum Gasteiger partial charge on any atom is 0.254 e. The van der Waals surface area contributed by atoms with Crippen molar-refractivity contribution in [1.29, 1.82) is 0 Å². The highest BCUT2D eigenvalue weighted by Gasteiger charge is 2.39. The van der Waals surface area contributed by atoms with Crippen LogP contribution in [0.3, 0.4) is 0 Å². The Morgan fingerprint density at radius 3 is 2.12 bits per heavy atom. The van der Waals surface area contributed by atoms with Crippen molar-refractivity contribution in [2.45, 2.75) is 75.9 Å². The highest BCUT2D eigenvalue weighted by molar-refractivity contribution is 6.30. The molecule has 0 aromatic heterocycles. The Hall–Kier alpha value is -1.88. The first kappa shape index (κ1) is 23.3. The molecule has 32 heavy (non-hydrogen) atoms. The van der Waals surface area contributed by atoms with Crippen LogP contribution in [0.2, 0.25) is 5.02 Å². The van der Waals surface area contributed by atoms with Gasteiger partial charge in [0.2, 0.25) is 0 Å². The van der Waals surface area contributed by atoms with Crippen LogP contribution in [0.4, 0.5) is 0 Å². The Morgan fingerprint density at radius 2 is 1.53 bits per heavy atom. The number of carbonyl (C=O) groups is 1. The molecule has 0 heterocycles. The number of benzene rings is 2. The highest BCUT2D eigenvalue weighted by atomic mass is 35.5. The van der Waals surface area contributed by atoms with Gasteiger partial charge in [0.05, 0.1) is 0 Å². The third kappa shape index (κ3) is 6.12. The second-order valence-corrected chi connectivity index (χ2v) is 9.74. The van der Waals surface area contributed by atoms with Crippen LogP contribution in [-0.2, 0) is 6.54 Å². The van der Waals surface area contributed by atoms with E-state index in [4.69, 9.17) is 16.7 Å². The van der Waals surface area contributed by atoms with Crippen LogP contribution in [0.1, 0.15) is 78.8 Å². The van der Waals surface area contributed by atoms with Gasteiger partial charge in [-0.25, -0.2) is 0 Å². The van der Waals surface area contributed by atoms with E-state index in [1.54, 1.807) is 0 Å². The highest BCUT2D eigenvalue weighted by Crippen LogP contribution is 2.39. The predicted molar refractivity (Wildman–Crippen MR) is 130 cm³/mol. The van der Waals surface area contributed by atoms with Crippen molar-refractivity contribution in [3.63, 3.8) is 0 Å². The van der Waals surface area contributed by atoms with Gasteiger partial charge in [-0.1, -0.05) is 35.9 Å². The van der Waals surface area contributed by atoms with Gasteiger partial charge in [-0.05, 0) is 99.2 Å². The number of aliphatic hydroxyl groups is 1. The van der Waals surface area contributed by atoms with Crippen LogP contribution >= 0.6 is 11.6 Å². The first-order valence-electron chi connectivity index (χ1n) is 12.1. The number of halogens is 1. The van der Waals surface area contributed by atoms with E-state index in [1.165, 1.54) is 11.1 Å². The van der Waals surface area contributed by atoms with Crippen LogP contribution in [0.5, 0.6) is 0 Å². The number of unbranched alkanes of at least 4 members (excludes halogenated alkanes) is 1. The van der Waals surface area contributed by atoms with E-state index < -0.39 is 0 Å². The molecule has 4 rings (SSSR count). The lowest BCUT2D eigenvalue weighted by molar-refractivity contribution is 0.0605. The summed E-state index contributed by atoms with van der Waals surface area (Å²) in [4.78, 5) is 15.4. The van der Waals surface area contributed by atoms with E-state index in [0.29, 0.717) is 23.0 Å². The van der Waals surface area contributed by atoms with Crippen molar-refractivity contribution in [3.8, 4) is 0 Å². The summed E-state index contributed by atoms with van der Waals surface area (Å²) in [6.07, 6.45) is 8.57. The molecule has 2 aliphatic carbocycles. The van der Waals surface area contributed by atoms with Gasteiger partial charge in [-0.3, -0.25) is 4.79 Å². The minimum Gasteiger partial charge on any atom is -0.396 e. The molecule has 2 N–H and O–H groups in total. The van der Waals surface area contributed by atoms with Gasteiger partial charge in [0, 0.05) is 35.8 Å². The standard InChI is InChI=1S/C27H35ClN2O2/c28-24-11-7-23(8-12-24)27(32)30(26-15-16-26)25-13-9-22(10-14-25)21-5-3-20(4-6-21)19-29-17-1-2-18-31/h3-8,11-12,22,25-26,29,31H,1-2,9-10,13-19H2. The molecule has 2 aliphatic rings. The van der Waals surface area contributed by atoms with Crippen molar-refractivity contribution in [3.05, 3.63) is 70.2 Å². The van der Waals surface area contributed by atoms with Crippen LogP contribution in [0.15, 0.2) is 48.5 Å². The lowest BCUT2D eigenvalue weighted by Crippen LogP contribution is -2.43. The summed E-state index contributed by atoms with van der Waals surface area (Å²) in [5, 5.41) is 13.0. The fourth-order valence-corrected chi connectivity index (χ4v) is 5.04. The first-order valence-corrected chi connectivity index (χ1v) is 12.5. The summed E-state index contributed by atoms with van der Waals surface area (Å²) in [6, 6.07) is 17.1. The van der Waals surface area contributed by atoms with Crippen LogP contribution in [-0.4, -0.2) is 41.1 Å². The molecule has 172 valence electrons. The lowest BCUT2D eigenvalue weighted by Gasteiger charge is -2.37. The molecule has 0 atom stereocenters. The van der Waals surface area contributed by atoms with Gasteiger partial charge in [-0.2, -0.15) is 0 Å². The second-order valence-electron chi connectivity index (χ2n) is 9.31. The van der Waals surface area contributed by atoms with Gasteiger partial charge in [0.15, 0.2) is 0 Å². The maximum atomic E-state index is 13.2. The monoisotopic (exact) mass is 454 g/mol. The van der Waals surface area contributed by atoms with Gasteiger partial charge in [0.25, 0.3) is 5.91 Å². The molecule has 2 aromatic rings. The van der Waals surface area contributed by atoms with E-state index in [9.17, 15) is 4.79 Å². The minimum atomic E-state index is 0.170. The summed E-state index contributed by atoms with van der Waals surface area (Å²) in [6.45, 7) is 2.09. The Labute approximate surface area is 197 Å². The van der Waals surface area contributed by atoms with Crippen molar-refractivity contribution in [2.75, 3.05) is 13.2 Å².